The smallest absolute Gasteiger partial charge is 0.208 e. The minimum absolute atomic E-state index is 0.444. The monoisotopic (exact) mass is 287 g/mol. The average molecular weight is 287 g/mol. The van der Waals surface area contributed by atoms with Gasteiger partial charge in [-0.1, -0.05) is 54.6 Å². The fourth-order valence-electron chi connectivity index (χ4n) is 3.41. The Hall–Kier alpha value is -2.45. The van der Waals surface area contributed by atoms with Gasteiger partial charge in [-0.15, -0.1) is 0 Å². The summed E-state index contributed by atoms with van der Waals surface area (Å²) in [5.74, 6) is 1.58. The van der Waals surface area contributed by atoms with Gasteiger partial charge in [0, 0.05) is 19.3 Å². The molecular formula is C20H19N2+. The Labute approximate surface area is 131 Å². The van der Waals surface area contributed by atoms with E-state index in [1.54, 1.807) is 0 Å². The van der Waals surface area contributed by atoms with Crippen molar-refractivity contribution in [2.24, 2.45) is 4.99 Å². The van der Waals surface area contributed by atoms with Crippen molar-refractivity contribution in [2.75, 3.05) is 0 Å². The molecule has 0 saturated carbocycles. The third kappa shape index (κ3) is 2.22. The predicted octanol–water partition coefficient (Wildman–Crippen LogP) is 3.59. The van der Waals surface area contributed by atoms with Gasteiger partial charge in [0.05, 0.1) is 0 Å². The highest BCUT2D eigenvalue weighted by Crippen LogP contribution is 2.31. The van der Waals surface area contributed by atoms with Crippen LogP contribution in [0.1, 0.15) is 24.8 Å². The largest absolute Gasteiger partial charge is 0.227 e. The van der Waals surface area contributed by atoms with Crippen molar-refractivity contribution in [1.29, 1.82) is 0 Å². The second-order valence-electron chi connectivity index (χ2n) is 5.88. The average Bonchev–Trinajstić information content (AvgIpc) is 2.91. The van der Waals surface area contributed by atoms with Gasteiger partial charge < -0.3 is 0 Å². The summed E-state index contributed by atoms with van der Waals surface area (Å²) in [6, 6.07) is 21.4. The highest BCUT2D eigenvalue weighted by molar-refractivity contribution is 5.78. The van der Waals surface area contributed by atoms with Crippen molar-refractivity contribution in [2.45, 2.75) is 19.3 Å². The van der Waals surface area contributed by atoms with Gasteiger partial charge in [-0.2, -0.15) is 4.99 Å². The van der Waals surface area contributed by atoms with Crippen LogP contribution >= 0.6 is 0 Å². The van der Waals surface area contributed by atoms with E-state index < -0.39 is 0 Å². The molecule has 0 saturated heterocycles. The third-order valence-corrected chi connectivity index (χ3v) is 4.46. The van der Waals surface area contributed by atoms with Gasteiger partial charge in [-0.05, 0) is 23.8 Å². The Morgan fingerprint density at radius 1 is 0.955 bits per heavy atom. The number of hydrogen-bond donors (Lipinski definition) is 1. The van der Waals surface area contributed by atoms with Crippen LogP contribution in [0.25, 0.3) is 0 Å². The standard InChI is InChI=1S/C20H18N2/c1-15-21-19-13-12-17(16-8-4-2-5-9-16)14-20(19)22(15)18-10-6-3-7-11-18/h2-13,17H,14H2,1H3/p+1. The van der Waals surface area contributed by atoms with Crippen LogP contribution in [0, 0.1) is 0 Å². The number of aliphatic imine (C=N–C) groups is 1. The molecule has 0 spiro atoms. The molecule has 1 aliphatic carbocycles. The summed E-state index contributed by atoms with van der Waals surface area (Å²) in [7, 11) is 0. The van der Waals surface area contributed by atoms with Gasteiger partial charge in [0.25, 0.3) is 0 Å². The van der Waals surface area contributed by atoms with Crippen LogP contribution in [0.5, 0.6) is 0 Å². The summed E-state index contributed by atoms with van der Waals surface area (Å²) in [6.07, 6.45) is 5.51. The van der Waals surface area contributed by atoms with E-state index in [1.165, 1.54) is 21.8 Å². The number of amidine groups is 1. The first-order valence-electron chi connectivity index (χ1n) is 7.77. The van der Waals surface area contributed by atoms with E-state index in [4.69, 9.17) is 4.99 Å². The number of benzene rings is 2. The number of nitrogens with zero attached hydrogens (tertiary/aromatic N) is 1. The molecule has 108 valence electrons. The lowest BCUT2D eigenvalue weighted by molar-refractivity contribution is -0.684. The highest BCUT2D eigenvalue weighted by Gasteiger charge is 2.34. The van der Waals surface area contributed by atoms with Crippen LogP contribution in [-0.4, -0.2) is 5.84 Å². The molecule has 0 radical (unpaired) electrons. The molecule has 2 heteroatoms. The van der Waals surface area contributed by atoms with Crippen molar-refractivity contribution in [1.82, 2.24) is 0 Å². The Kier molecular flexibility index (Phi) is 3.24. The molecule has 2 aromatic rings. The topological polar surface area (TPSA) is 16.8 Å². The van der Waals surface area contributed by atoms with E-state index in [0.717, 1.165) is 18.0 Å². The quantitative estimate of drug-likeness (QED) is 0.869. The number of hydrogen-bond acceptors (Lipinski definition) is 1. The Morgan fingerprint density at radius 3 is 2.36 bits per heavy atom. The van der Waals surface area contributed by atoms with Crippen molar-refractivity contribution in [3.63, 3.8) is 0 Å². The molecule has 4 rings (SSSR count). The van der Waals surface area contributed by atoms with Crippen LogP contribution in [0.15, 0.2) is 89.2 Å². The van der Waals surface area contributed by atoms with E-state index in [9.17, 15) is 0 Å². The minimum Gasteiger partial charge on any atom is -0.227 e. The van der Waals surface area contributed by atoms with Crippen LogP contribution < -0.4 is 4.90 Å². The van der Waals surface area contributed by atoms with E-state index >= 15 is 0 Å². The molecule has 2 nitrogen and oxygen atoms in total. The van der Waals surface area contributed by atoms with E-state index in [1.807, 2.05) is 0 Å². The van der Waals surface area contributed by atoms with Crippen LogP contribution in [-0.2, 0) is 0 Å². The molecule has 2 atom stereocenters. The molecule has 1 aliphatic heterocycles. The summed E-state index contributed by atoms with van der Waals surface area (Å²) in [5.41, 5.74) is 5.18. The van der Waals surface area contributed by atoms with Gasteiger partial charge in [-0.25, -0.2) is 4.90 Å². The molecule has 0 bridgehead atoms. The number of nitrogens with one attached hydrogen (secondary N) is 1. The van der Waals surface area contributed by atoms with Gasteiger partial charge >= 0.3 is 0 Å². The zero-order chi connectivity index (χ0) is 14.9. The van der Waals surface area contributed by atoms with Crippen LogP contribution in [0.3, 0.4) is 0 Å². The number of allylic oxidation sites excluding steroid dienone is 3. The summed E-state index contributed by atoms with van der Waals surface area (Å²) >= 11 is 0. The zero-order valence-corrected chi connectivity index (χ0v) is 12.7. The third-order valence-electron chi connectivity index (χ3n) is 4.46. The lowest BCUT2D eigenvalue weighted by atomic mass is 9.89. The number of rotatable bonds is 2. The SMILES string of the molecule is CC1=NC2=C(CC(c3ccccc3)C=C2)[NH+]1c1ccccc1. The van der Waals surface area contributed by atoms with Gasteiger partial charge in [0.1, 0.15) is 17.1 Å². The Bertz CT molecular complexity index is 770. The summed E-state index contributed by atoms with van der Waals surface area (Å²) in [5, 5.41) is 0. The molecule has 2 aliphatic rings. The second kappa shape index (κ2) is 5.39. The number of quaternary nitrogens is 1. The normalized spacial score (nSPS) is 23.4. The first kappa shape index (κ1) is 13.2. The van der Waals surface area contributed by atoms with Crippen LogP contribution in [0.2, 0.25) is 0 Å². The molecule has 1 N–H and O–H groups in total. The van der Waals surface area contributed by atoms with Crippen LogP contribution in [0.4, 0.5) is 5.69 Å². The van der Waals surface area contributed by atoms with Gasteiger partial charge in [0.2, 0.25) is 5.84 Å². The van der Waals surface area contributed by atoms with Gasteiger partial charge in [-0.3, -0.25) is 0 Å². The van der Waals surface area contributed by atoms with Crippen molar-refractivity contribution >= 4 is 11.5 Å². The number of para-hydroxylation sites is 1. The molecule has 22 heavy (non-hydrogen) atoms. The first-order valence-corrected chi connectivity index (χ1v) is 7.77. The molecule has 0 aromatic heterocycles. The maximum absolute atomic E-state index is 4.77. The fraction of sp³-hybridized carbons (Fsp3) is 0.150. The summed E-state index contributed by atoms with van der Waals surface area (Å²) in [6.45, 7) is 2.12. The van der Waals surface area contributed by atoms with Crippen molar-refractivity contribution < 1.29 is 4.90 Å². The molecule has 1 heterocycles. The maximum Gasteiger partial charge on any atom is 0.208 e. The molecule has 2 unspecified atom stereocenters. The highest BCUT2D eigenvalue weighted by atomic mass is 15.2. The lowest BCUT2D eigenvalue weighted by Gasteiger charge is -2.22. The Balaban J connectivity index is 1.68. The molecule has 2 aromatic carbocycles. The van der Waals surface area contributed by atoms with E-state index in [-0.39, 0.29) is 0 Å². The predicted molar refractivity (Wildman–Crippen MR) is 90.1 cm³/mol. The molecule has 0 amide bonds. The molecular weight excluding hydrogens is 268 g/mol. The van der Waals surface area contributed by atoms with Crippen molar-refractivity contribution in [3.8, 4) is 0 Å². The minimum atomic E-state index is 0.444. The summed E-state index contributed by atoms with van der Waals surface area (Å²) in [4.78, 5) is 6.09. The van der Waals surface area contributed by atoms with E-state index in [2.05, 4.69) is 79.7 Å². The van der Waals surface area contributed by atoms with E-state index in [0.29, 0.717) is 5.92 Å². The maximum atomic E-state index is 4.77. The lowest BCUT2D eigenvalue weighted by Crippen LogP contribution is -3.06. The molecule has 0 fully saturated rings. The zero-order valence-electron chi connectivity index (χ0n) is 12.7. The first-order chi connectivity index (χ1) is 10.8. The fourth-order valence-corrected chi connectivity index (χ4v) is 3.41. The Morgan fingerprint density at radius 2 is 1.64 bits per heavy atom. The van der Waals surface area contributed by atoms with Gasteiger partial charge in [0.15, 0.2) is 0 Å². The van der Waals surface area contributed by atoms with Crippen molar-refractivity contribution in [3.05, 3.63) is 89.8 Å². The second-order valence-corrected chi connectivity index (χ2v) is 5.88. The summed E-state index contributed by atoms with van der Waals surface area (Å²) < 4.78 is 0.